The summed E-state index contributed by atoms with van der Waals surface area (Å²) in [7, 11) is -3.75. The van der Waals surface area contributed by atoms with Crippen LogP contribution in [0.25, 0.3) is 0 Å². The van der Waals surface area contributed by atoms with Crippen LogP contribution in [0.15, 0.2) is 24.3 Å². The Balaban J connectivity index is 2.75. The smallest absolute Gasteiger partial charge is 0.261 e. The Kier molecular flexibility index (Phi) is 6.18. The molecule has 1 aromatic carbocycles. The lowest BCUT2D eigenvalue weighted by Gasteiger charge is -2.27. The highest BCUT2D eigenvalue weighted by Gasteiger charge is 2.29. The van der Waals surface area contributed by atoms with Crippen molar-refractivity contribution in [2.75, 3.05) is 6.26 Å². The van der Waals surface area contributed by atoms with Crippen LogP contribution >= 0.6 is 22.6 Å². The van der Waals surface area contributed by atoms with Gasteiger partial charge in [0.05, 0.1) is 11.9 Å². The zero-order valence-corrected chi connectivity index (χ0v) is 15.6. The number of carbonyl (C=O) groups excluding carboxylic acids is 1. The summed E-state index contributed by atoms with van der Waals surface area (Å²) in [5, 5.41) is 0. The Morgan fingerprint density at radius 2 is 1.76 bits per heavy atom. The molecule has 0 radical (unpaired) electrons. The van der Waals surface area contributed by atoms with Crippen LogP contribution < -0.4 is 0 Å². The molecule has 0 heterocycles. The minimum absolute atomic E-state index is 0.0732. The second kappa shape index (κ2) is 7.06. The molecule has 118 valence electrons. The molecule has 21 heavy (non-hydrogen) atoms. The average Bonchev–Trinajstić information content (AvgIpc) is 2.32. The summed E-state index contributed by atoms with van der Waals surface area (Å²) in [6, 6.07) is 7.73. The van der Waals surface area contributed by atoms with Gasteiger partial charge in [-0.2, -0.15) is 0 Å². The molecule has 7 heteroatoms. The summed E-state index contributed by atoms with van der Waals surface area (Å²) >= 11 is 2.20. The molecule has 0 atom stereocenters. The first-order chi connectivity index (χ1) is 9.49. The minimum atomic E-state index is -3.75. The summed E-state index contributed by atoms with van der Waals surface area (Å²) in [6.45, 7) is 5.08. The molecule has 0 aromatic heterocycles. The maximum absolute atomic E-state index is 12.1. The molecule has 0 aliphatic rings. The van der Waals surface area contributed by atoms with Gasteiger partial charge in [-0.25, -0.2) is 8.42 Å². The molecule has 0 N–H and O–H groups in total. The lowest BCUT2D eigenvalue weighted by atomic mass is 10.1. The van der Waals surface area contributed by atoms with Gasteiger partial charge in [-0.3, -0.25) is 9.63 Å². The quantitative estimate of drug-likeness (QED) is 0.538. The van der Waals surface area contributed by atoms with Gasteiger partial charge >= 0.3 is 0 Å². The van der Waals surface area contributed by atoms with Crippen molar-refractivity contribution in [3.8, 4) is 0 Å². The SMILES string of the molecule is CC(C)(C)ON(C(=O)CCc1ccc(I)cc1)S(C)(=O)=O. The molecule has 0 fully saturated rings. The lowest BCUT2D eigenvalue weighted by molar-refractivity contribution is -0.188. The number of hydroxylamine groups is 1. The second-order valence-corrected chi connectivity index (χ2v) is 8.76. The van der Waals surface area contributed by atoms with Crippen LogP contribution in [-0.2, 0) is 26.1 Å². The van der Waals surface area contributed by atoms with E-state index >= 15 is 0 Å². The third-order valence-corrected chi connectivity index (χ3v) is 4.00. The summed E-state index contributed by atoms with van der Waals surface area (Å²) < 4.78 is 25.0. The van der Waals surface area contributed by atoms with Crippen LogP contribution in [0, 0.1) is 3.57 Å². The van der Waals surface area contributed by atoms with Crippen molar-refractivity contribution < 1.29 is 18.0 Å². The summed E-state index contributed by atoms with van der Waals surface area (Å²) in [6.07, 6.45) is 1.50. The Morgan fingerprint density at radius 1 is 1.24 bits per heavy atom. The number of nitrogens with zero attached hydrogens (tertiary/aromatic N) is 1. The number of hydrogen-bond acceptors (Lipinski definition) is 4. The monoisotopic (exact) mass is 425 g/mol. The molecule has 5 nitrogen and oxygen atoms in total. The fourth-order valence-corrected chi connectivity index (χ4v) is 2.73. The van der Waals surface area contributed by atoms with Crippen molar-refractivity contribution in [1.29, 1.82) is 0 Å². The van der Waals surface area contributed by atoms with E-state index in [1.807, 2.05) is 24.3 Å². The van der Waals surface area contributed by atoms with E-state index in [2.05, 4.69) is 22.6 Å². The van der Waals surface area contributed by atoms with Gasteiger partial charge in [0.1, 0.15) is 0 Å². The molecule has 0 aliphatic heterocycles. The summed E-state index contributed by atoms with van der Waals surface area (Å²) in [4.78, 5) is 17.4. The first-order valence-electron chi connectivity index (χ1n) is 6.46. The molecule has 0 bridgehead atoms. The number of amides is 1. The Labute approximate surface area is 139 Å². The molecule has 1 rings (SSSR count). The summed E-state index contributed by atoms with van der Waals surface area (Å²) in [5.74, 6) is -0.564. The zero-order chi connectivity index (χ0) is 16.3. The highest BCUT2D eigenvalue weighted by atomic mass is 127. The van der Waals surface area contributed by atoms with E-state index in [9.17, 15) is 13.2 Å². The Bertz CT molecular complexity index is 590. The molecule has 0 spiro atoms. The lowest BCUT2D eigenvalue weighted by Crippen LogP contribution is -2.42. The van der Waals surface area contributed by atoms with E-state index in [1.165, 1.54) is 0 Å². The molecule has 0 aliphatic carbocycles. The largest absolute Gasteiger partial charge is 0.271 e. The highest BCUT2D eigenvalue weighted by Crippen LogP contribution is 2.16. The van der Waals surface area contributed by atoms with Crippen LogP contribution in [0.2, 0.25) is 0 Å². The average molecular weight is 425 g/mol. The number of aryl methyl sites for hydroxylation is 1. The van der Waals surface area contributed by atoms with Gasteiger partial charge in [-0.15, -0.1) is 4.47 Å². The van der Waals surface area contributed by atoms with E-state index in [0.717, 1.165) is 15.4 Å². The van der Waals surface area contributed by atoms with Gasteiger partial charge in [-0.05, 0) is 67.5 Å². The van der Waals surface area contributed by atoms with Gasteiger partial charge in [0, 0.05) is 9.99 Å². The number of rotatable bonds is 5. The van der Waals surface area contributed by atoms with Crippen LogP contribution in [0.1, 0.15) is 32.8 Å². The molecule has 0 saturated heterocycles. The number of carbonyl (C=O) groups is 1. The number of sulfonamides is 1. The van der Waals surface area contributed by atoms with Gasteiger partial charge in [-0.1, -0.05) is 12.1 Å². The maximum atomic E-state index is 12.1. The van der Waals surface area contributed by atoms with Gasteiger partial charge in [0.2, 0.25) is 0 Å². The van der Waals surface area contributed by atoms with Crippen LogP contribution in [0.3, 0.4) is 0 Å². The molecule has 0 unspecified atom stereocenters. The molecule has 1 aromatic rings. The van der Waals surface area contributed by atoms with Crippen LogP contribution in [0.4, 0.5) is 0 Å². The topological polar surface area (TPSA) is 63.7 Å². The van der Waals surface area contributed by atoms with Crippen LogP contribution in [0.5, 0.6) is 0 Å². The minimum Gasteiger partial charge on any atom is -0.271 e. The molecule has 1 amide bonds. The van der Waals surface area contributed by atoms with E-state index in [4.69, 9.17) is 4.84 Å². The van der Waals surface area contributed by atoms with E-state index in [1.54, 1.807) is 20.8 Å². The fraction of sp³-hybridized carbons (Fsp3) is 0.500. The zero-order valence-electron chi connectivity index (χ0n) is 12.6. The van der Waals surface area contributed by atoms with E-state index in [-0.39, 0.29) is 6.42 Å². The van der Waals surface area contributed by atoms with Crippen molar-refractivity contribution in [1.82, 2.24) is 4.47 Å². The van der Waals surface area contributed by atoms with Crippen molar-refractivity contribution in [3.05, 3.63) is 33.4 Å². The predicted octanol–water partition coefficient (Wildman–Crippen LogP) is 2.74. The molecular weight excluding hydrogens is 405 g/mol. The third kappa shape index (κ3) is 6.75. The number of hydrogen-bond donors (Lipinski definition) is 0. The van der Waals surface area contributed by atoms with E-state index < -0.39 is 21.5 Å². The first kappa shape index (κ1) is 18.4. The molecular formula is C14H20INO4S. The number of benzene rings is 1. The van der Waals surface area contributed by atoms with Gasteiger partial charge in [0.25, 0.3) is 15.9 Å². The second-order valence-electron chi connectivity index (χ2n) is 5.71. The van der Waals surface area contributed by atoms with E-state index in [0.29, 0.717) is 10.9 Å². The highest BCUT2D eigenvalue weighted by molar-refractivity contribution is 14.1. The molecule has 0 saturated carbocycles. The normalized spacial score (nSPS) is 12.2. The van der Waals surface area contributed by atoms with Crippen molar-refractivity contribution in [3.63, 3.8) is 0 Å². The Morgan fingerprint density at radius 3 is 2.19 bits per heavy atom. The van der Waals surface area contributed by atoms with Crippen molar-refractivity contribution >= 4 is 38.5 Å². The predicted molar refractivity (Wildman–Crippen MR) is 90.0 cm³/mol. The van der Waals surface area contributed by atoms with Crippen molar-refractivity contribution in [2.45, 2.75) is 39.2 Å². The van der Waals surface area contributed by atoms with Crippen LogP contribution in [-0.4, -0.2) is 30.7 Å². The summed E-state index contributed by atoms with van der Waals surface area (Å²) in [5.41, 5.74) is 0.217. The Hall–Kier alpha value is -0.670. The standard InChI is InChI=1S/C14H20INO4S/c1-14(2,3)20-16(21(4,18)19)13(17)10-7-11-5-8-12(15)9-6-11/h5-6,8-9H,7,10H2,1-4H3. The third-order valence-electron chi connectivity index (χ3n) is 2.40. The number of halogens is 1. The fourth-order valence-electron chi connectivity index (χ4n) is 1.55. The van der Waals surface area contributed by atoms with Gasteiger partial charge < -0.3 is 0 Å². The maximum Gasteiger partial charge on any atom is 0.261 e. The van der Waals surface area contributed by atoms with Crippen molar-refractivity contribution in [2.24, 2.45) is 0 Å². The first-order valence-corrected chi connectivity index (χ1v) is 9.38. The van der Waals surface area contributed by atoms with Gasteiger partial charge in [0.15, 0.2) is 0 Å².